The first-order chi connectivity index (χ1) is 15.9. The molecule has 2 fully saturated rings. The van der Waals surface area contributed by atoms with Crippen LogP contribution in [0.5, 0.6) is 11.5 Å². The first kappa shape index (κ1) is 22.6. The number of ether oxygens (including phenoxy) is 1. The van der Waals surface area contributed by atoms with Crippen LogP contribution in [-0.2, 0) is 0 Å². The van der Waals surface area contributed by atoms with Gasteiger partial charge in [-0.15, -0.1) is 0 Å². The molecule has 0 radical (unpaired) electrons. The van der Waals surface area contributed by atoms with Gasteiger partial charge in [0.05, 0.1) is 22.8 Å². The third-order valence-corrected chi connectivity index (χ3v) is 8.11. The Morgan fingerprint density at radius 3 is 2.73 bits per heavy atom. The average Bonchev–Trinajstić information content (AvgIpc) is 3.37. The van der Waals surface area contributed by atoms with Gasteiger partial charge < -0.3 is 20.1 Å². The van der Waals surface area contributed by atoms with E-state index in [-0.39, 0.29) is 16.5 Å². The van der Waals surface area contributed by atoms with Crippen molar-refractivity contribution < 1.29 is 14.2 Å². The Morgan fingerprint density at radius 2 is 2.00 bits per heavy atom. The number of phenolic OH excluding ortho intramolecular Hbond substituents is 1. The minimum Gasteiger partial charge on any atom is -0.504 e. The SMILES string of the molecule is CCN1C[C@H]2CC(COc3cc4ncnc(Nc5ccc(Br)c(Cl)c5F)c4cc3O)C[C@H]2C1. The number of rotatable bonds is 6. The summed E-state index contributed by atoms with van der Waals surface area (Å²) in [6, 6.07) is 6.47. The predicted octanol–water partition coefficient (Wildman–Crippen LogP) is 5.99. The van der Waals surface area contributed by atoms with Gasteiger partial charge in [0.2, 0.25) is 0 Å². The van der Waals surface area contributed by atoms with Gasteiger partial charge in [-0.05, 0) is 71.3 Å². The van der Waals surface area contributed by atoms with E-state index >= 15 is 0 Å². The van der Waals surface area contributed by atoms with Gasteiger partial charge >= 0.3 is 0 Å². The van der Waals surface area contributed by atoms with Gasteiger partial charge in [-0.2, -0.15) is 0 Å². The molecule has 0 amide bonds. The smallest absolute Gasteiger partial charge is 0.166 e. The fourth-order valence-electron chi connectivity index (χ4n) is 5.16. The van der Waals surface area contributed by atoms with Crippen LogP contribution < -0.4 is 10.1 Å². The quantitative estimate of drug-likeness (QED) is 0.378. The summed E-state index contributed by atoms with van der Waals surface area (Å²) in [5.74, 6) is 2.20. The molecule has 1 saturated carbocycles. The van der Waals surface area contributed by atoms with Gasteiger partial charge in [0.25, 0.3) is 0 Å². The van der Waals surface area contributed by atoms with E-state index in [9.17, 15) is 9.50 Å². The van der Waals surface area contributed by atoms with Gasteiger partial charge in [0, 0.05) is 29.0 Å². The molecule has 3 aromatic rings. The highest BCUT2D eigenvalue weighted by Gasteiger charge is 2.40. The maximum absolute atomic E-state index is 14.5. The second kappa shape index (κ2) is 9.24. The summed E-state index contributed by atoms with van der Waals surface area (Å²) < 4.78 is 21.0. The van der Waals surface area contributed by atoms with Crippen molar-refractivity contribution in [3.8, 4) is 11.5 Å². The molecule has 0 spiro atoms. The van der Waals surface area contributed by atoms with Crippen molar-refractivity contribution in [1.29, 1.82) is 0 Å². The van der Waals surface area contributed by atoms with Gasteiger partial charge in [-0.3, -0.25) is 0 Å². The van der Waals surface area contributed by atoms with Crippen molar-refractivity contribution in [2.24, 2.45) is 17.8 Å². The largest absolute Gasteiger partial charge is 0.504 e. The van der Waals surface area contributed by atoms with E-state index in [2.05, 4.69) is 43.0 Å². The van der Waals surface area contributed by atoms with Gasteiger partial charge in [0.1, 0.15) is 12.1 Å². The van der Waals surface area contributed by atoms with Crippen LogP contribution >= 0.6 is 27.5 Å². The molecule has 2 N–H and O–H groups in total. The van der Waals surface area contributed by atoms with Crippen LogP contribution in [0.15, 0.2) is 35.1 Å². The predicted molar refractivity (Wildman–Crippen MR) is 131 cm³/mol. The minimum atomic E-state index is -0.592. The van der Waals surface area contributed by atoms with E-state index < -0.39 is 5.82 Å². The van der Waals surface area contributed by atoms with Crippen LogP contribution in [0.4, 0.5) is 15.9 Å². The molecule has 9 heteroatoms. The molecule has 1 unspecified atom stereocenters. The zero-order valence-corrected chi connectivity index (χ0v) is 20.5. The third-order valence-electron chi connectivity index (χ3n) is 6.85. The number of anilines is 2. The lowest BCUT2D eigenvalue weighted by atomic mass is 10.0. The summed E-state index contributed by atoms with van der Waals surface area (Å²) >= 11 is 9.20. The zero-order chi connectivity index (χ0) is 23.1. The summed E-state index contributed by atoms with van der Waals surface area (Å²) in [4.78, 5) is 11.1. The second-order valence-electron chi connectivity index (χ2n) is 8.93. The minimum absolute atomic E-state index is 0.00464. The fraction of sp³-hybridized carbons (Fsp3) is 0.417. The van der Waals surface area contributed by atoms with E-state index in [0.29, 0.717) is 39.5 Å². The number of nitrogens with zero attached hydrogens (tertiary/aromatic N) is 3. The van der Waals surface area contributed by atoms with E-state index in [4.69, 9.17) is 16.3 Å². The summed E-state index contributed by atoms with van der Waals surface area (Å²) in [7, 11) is 0. The van der Waals surface area contributed by atoms with Crippen molar-refractivity contribution >= 4 is 49.9 Å². The van der Waals surface area contributed by atoms with Gasteiger partial charge in [0.15, 0.2) is 17.3 Å². The molecule has 1 aliphatic heterocycles. The number of hydrogen-bond donors (Lipinski definition) is 2. The molecule has 2 heterocycles. The molecule has 1 aromatic heterocycles. The Hall–Kier alpha value is -2.16. The maximum Gasteiger partial charge on any atom is 0.166 e. The number of hydrogen-bond acceptors (Lipinski definition) is 6. The average molecular weight is 536 g/mol. The normalized spacial score (nSPS) is 22.6. The number of aromatic hydroxyl groups is 1. The second-order valence-corrected chi connectivity index (χ2v) is 10.2. The molecule has 1 aliphatic carbocycles. The highest BCUT2D eigenvalue weighted by atomic mass is 79.9. The Labute approximate surface area is 205 Å². The zero-order valence-electron chi connectivity index (χ0n) is 18.2. The van der Waals surface area contributed by atoms with Crippen LogP contribution in [0.2, 0.25) is 5.02 Å². The van der Waals surface area contributed by atoms with Crippen LogP contribution in [-0.4, -0.2) is 46.2 Å². The molecule has 0 bridgehead atoms. The fourth-order valence-corrected chi connectivity index (χ4v) is 5.63. The number of aromatic nitrogens is 2. The van der Waals surface area contributed by atoms with Crippen LogP contribution in [0.3, 0.4) is 0 Å². The lowest BCUT2D eigenvalue weighted by Crippen LogP contribution is -2.22. The molecule has 2 aromatic carbocycles. The molecule has 174 valence electrons. The number of phenols is 1. The van der Waals surface area contributed by atoms with Crippen molar-refractivity contribution in [3.05, 3.63) is 45.9 Å². The van der Waals surface area contributed by atoms with Crippen LogP contribution in [0.25, 0.3) is 10.9 Å². The molecule has 33 heavy (non-hydrogen) atoms. The van der Waals surface area contributed by atoms with Crippen molar-refractivity contribution in [2.45, 2.75) is 19.8 Å². The Balaban J connectivity index is 1.31. The Morgan fingerprint density at radius 1 is 1.24 bits per heavy atom. The Bertz CT molecular complexity index is 1180. The summed E-state index contributed by atoms with van der Waals surface area (Å²) in [5, 5.41) is 14.1. The van der Waals surface area contributed by atoms with E-state index in [1.54, 1.807) is 24.3 Å². The highest BCUT2D eigenvalue weighted by Crippen LogP contribution is 2.42. The number of halogens is 3. The molecular formula is C24H25BrClFN4O2. The van der Waals surface area contributed by atoms with Crippen LogP contribution in [0, 0.1) is 23.6 Å². The highest BCUT2D eigenvalue weighted by molar-refractivity contribution is 9.10. The van der Waals surface area contributed by atoms with Gasteiger partial charge in [-0.1, -0.05) is 18.5 Å². The van der Waals surface area contributed by atoms with Crippen molar-refractivity contribution in [3.63, 3.8) is 0 Å². The molecule has 3 atom stereocenters. The molecule has 2 aliphatic rings. The maximum atomic E-state index is 14.5. The lowest BCUT2D eigenvalue weighted by Gasteiger charge is -2.18. The van der Waals surface area contributed by atoms with E-state index in [1.807, 2.05) is 0 Å². The number of likely N-dealkylation sites (tertiary alicyclic amines) is 1. The Kier molecular flexibility index (Phi) is 6.33. The summed E-state index contributed by atoms with van der Waals surface area (Å²) in [6.45, 7) is 6.31. The molecule has 1 saturated heterocycles. The van der Waals surface area contributed by atoms with Gasteiger partial charge in [-0.25, -0.2) is 14.4 Å². The van der Waals surface area contributed by atoms with E-state index in [0.717, 1.165) is 18.4 Å². The standard InChI is InChI=1S/C24H25BrClFN4O2/c1-2-31-9-14-5-13(6-15(14)10-31)11-33-21-8-19-16(7-20(21)32)24(29-12-28-19)30-18-4-3-17(25)22(26)23(18)27/h3-4,7-8,12-15,32H,2,5-6,9-11H2,1H3,(H,28,29,30)/t13?,14-,15+. The monoisotopic (exact) mass is 534 g/mol. The molecular weight excluding hydrogens is 511 g/mol. The topological polar surface area (TPSA) is 70.5 Å². The number of benzene rings is 2. The van der Waals surface area contributed by atoms with E-state index in [1.165, 1.54) is 32.3 Å². The van der Waals surface area contributed by atoms with Crippen LogP contribution in [0.1, 0.15) is 19.8 Å². The number of nitrogens with one attached hydrogen (secondary N) is 1. The third kappa shape index (κ3) is 4.48. The van der Waals surface area contributed by atoms with Crippen molar-refractivity contribution in [1.82, 2.24) is 14.9 Å². The number of fused-ring (bicyclic) bond motifs is 2. The summed E-state index contributed by atoms with van der Waals surface area (Å²) in [6.07, 6.45) is 3.74. The first-order valence-electron chi connectivity index (χ1n) is 11.2. The summed E-state index contributed by atoms with van der Waals surface area (Å²) in [5.41, 5.74) is 0.766. The molecule has 6 nitrogen and oxygen atoms in total. The lowest BCUT2D eigenvalue weighted by molar-refractivity contribution is 0.224. The first-order valence-corrected chi connectivity index (χ1v) is 12.3. The van der Waals surface area contributed by atoms with Crippen molar-refractivity contribution in [2.75, 3.05) is 31.6 Å². The molecule has 5 rings (SSSR count).